The molecule has 0 unspecified atom stereocenters. The van der Waals surface area contributed by atoms with Gasteiger partial charge in [0.05, 0.1) is 19.6 Å². The average molecular weight is 496 g/mol. The lowest BCUT2D eigenvalue weighted by molar-refractivity contribution is -0.144. The van der Waals surface area contributed by atoms with Crippen molar-refractivity contribution >= 4 is 34.4 Å². The molecule has 0 spiro atoms. The average Bonchev–Trinajstić information content (AvgIpc) is 3.20. The molecule has 0 bridgehead atoms. The molecule has 182 valence electrons. The van der Waals surface area contributed by atoms with Crippen molar-refractivity contribution < 1.29 is 14.3 Å². The second kappa shape index (κ2) is 10.2. The number of rotatable bonds is 7. The number of amides is 1. The van der Waals surface area contributed by atoms with Gasteiger partial charge in [0.25, 0.3) is 0 Å². The zero-order valence-corrected chi connectivity index (χ0v) is 21.3. The number of hydrogen-bond donors (Lipinski definition) is 0. The number of esters is 1. The Bertz CT molecular complexity index is 1370. The maximum absolute atomic E-state index is 13.7. The van der Waals surface area contributed by atoms with Gasteiger partial charge in [0.2, 0.25) is 5.91 Å². The SMILES string of the molecule is COC(=O)[C@@]1(S[C@H](C)c2cccc3ccccc23)CC(=O)N(Cc2ccccc2)[C@@H]1c1ccccc1. The Labute approximate surface area is 216 Å². The van der Waals surface area contributed by atoms with E-state index in [1.807, 2.05) is 77.7 Å². The Morgan fingerprint density at radius 2 is 1.58 bits per heavy atom. The molecule has 1 aliphatic heterocycles. The van der Waals surface area contributed by atoms with Crippen molar-refractivity contribution in [3.8, 4) is 0 Å². The predicted octanol–water partition coefficient (Wildman–Crippen LogP) is 6.72. The van der Waals surface area contributed by atoms with E-state index in [1.165, 1.54) is 18.9 Å². The third-order valence-electron chi connectivity index (χ3n) is 6.98. The molecule has 5 rings (SSSR count). The van der Waals surface area contributed by atoms with E-state index in [0.29, 0.717) is 6.54 Å². The molecule has 4 aromatic rings. The van der Waals surface area contributed by atoms with Gasteiger partial charge in [-0.1, -0.05) is 103 Å². The van der Waals surface area contributed by atoms with Crippen molar-refractivity contribution in [2.75, 3.05) is 7.11 Å². The molecular formula is C31H29NO3S. The fraction of sp³-hybridized carbons (Fsp3) is 0.226. The first kappa shape index (κ1) is 24.1. The number of benzene rings is 4. The zero-order chi connectivity index (χ0) is 25.1. The molecular weight excluding hydrogens is 466 g/mol. The van der Waals surface area contributed by atoms with Crippen molar-refractivity contribution in [3.63, 3.8) is 0 Å². The van der Waals surface area contributed by atoms with Crippen LogP contribution in [-0.4, -0.2) is 28.6 Å². The van der Waals surface area contributed by atoms with Crippen LogP contribution in [0.3, 0.4) is 0 Å². The third kappa shape index (κ3) is 4.40. The van der Waals surface area contributed by atoms with Crippen LogP contribution in [0.25, 0.3) is 10.8 Å². The number of nitrogens with zero attached hydrogens (tertiary/aromatic N) is 1. The molecule has 0 aromatic heterocycles. The summed E-state index contributed by atoms with van der Waals surface area (Å²) in [5.41, 5.74) is 3.10. The van der Waals surface area contributed by atoms with E-state index >= 15 is 0 Å². The van der Waals surface area contributed by atoms with Crippen LogP contribution in [0.2, 0.25) is 0 Å². The van der Waals surface area contributed by atoms with Gasteiger partial charge in [-0.3, -0.25) is 9.59 Å². The Kier molecular flexibility index (Phi) is 6.84. The van der Waals surface area contributed by atoms with Gasteiger partial charge in [-0.15, -0.1) is 11.8 Å². The molecule has 4 nitrogen and oxygen atoms in total. The first-order chi connectivity index (χ1) is 17.5. The number of fused-ring (bicyclic) bond motifs is 1. The highest BCUT2D eigenvalue weighted by molar-refractivity contribution is 8.01. The standard InChI is InChI=1S/C31H29NO3S/c1-22(26-19-11-17-24-14-9-10-18-27(24)26)36-31(30(34)35-2)20-28(33)32(21-23-12-5-3-6-13-23)29(31)25-15-7-4-8-16-25/h3-19,22,29H,20-21H2,1-2H3/t22-,29-,31-/m1/s1. The van der Waals surface area contributed by atoms with Crippen LogP contribution in [0.1, 0.15) is 41.3 Å². The highest BCUT2D eigenvalue weighted by Gasteiger charge is 2.59. The van der Waals surface area contributed by atoms with Crippen LogP contribution < -0.4 is 0 Å². The van der Waals surface area contributed by atoms with Crippen LogP contribution >= 0.6 is 11.8 Å². The first-order valence-corrected chi connectivity index (χ1v) is 13.0. The molecule has 0 radical (unpaired) electrons. The van der Waals surface area contributed by atoms with Gasteiger partial charge in [-0.2, -0.15) is 0 Å². The van der Waals surface area contributed by atoms with Crippen LogP contribution in [-0.2, 0) is 20.9 Å². The minimum absolute atomic E-state index is 0.0456. The molecule has 1 saturated heterocycles. The number of methoxy groups -OCH3 is 1. The largest absolute Gasteiger partial charge is 0.468 e. The monoisotopic (exact) mass is 495 g/mol. The second-order valence-electron chi connectivity index (χ2n) is 9.21. The minimum atomic E-state index is -1.08. The van der Waals surface area contributed by atoms with E-state index < -0.39 is 10.8 Å². The molecule has 0 aliphatic carbocycles. The van der Waals surface area contributed by atoms with Crippen molar-refractivity contribution in [2.24, 2.45) is 0 Å². The van der Waals surface area contributed by atoms with Gasteiger partial charge in [0, 0.05) is 11.8 Å². The van der Waals surface area contributed by atoms with Gasteiger partial charge < -0.3 is 9.64 Å². The number of thioether (sulfide) groups is 1. The lowest BCUT2D eigenvalue weighted by Gasteiger charge is -2.37. The summed E-state index contributed by atoms with van der Waals surface area (Å²) >= 11 is 1.54. The van der Waals surface area contributed by atoms with Crippen molar-refractivity contribution in [1.82, 2.24) is 4.90 Å². The van der Waals surface area contributed by atoms with Gasteiger partial charge in [-0.25, -0.2) is 0 Å². The van der Waals surface area contributed by atoms with E-state index in [1.54, 1.807) is 0 Å². The number of ether oxygens (including phenoxy) is 1. The van der Waals surface area contributed by atoms with E-state index in [2.05, 4.69) is 37.3 Å². The molecule has 1 heterocycles. The summed E-state index contributed by atoms with van der Waals surface area (Å²) in [5, 5.41) is 2.26. The number of likely N-dealkylation sites (tertiary alicyclic amines) is 1. The topological polar surface area (TPSA) is 46.6 Å². The minimum Gasteiger partial charge on any atom is -0.468 e. The van der Waals surface area contributed by atoms with Crippen LogP contribution in [0.4, 0.5) is 0 Å². The molecule has 3 atom stereocenters. The predicted molar refractivity (Wildman–Crippen MR) is 145 cm³/mol. The Morgan fingerprint density at radius 3 is 2.31 bits per heavy atom. The zero-order valence-electron chi connectivity index (χ0n) is 20.5. The quantitative estimate of drug-likeness (QED) is 0.267. The van der Waals surface area contributed by atoms with Gasteiger partial charge >= 0.3 is 5.97 Å². The summed E-state index contributed by atoms with van der Waals surface area (Å²) in [5.74, 6) is -0.409. The van der Waals surface area contributed by atoms with Crippen molar-refractivity contribution in [2.45, 2.75) is 35.9 Å². The number of carbonyl (C=O) groups excluding carboxylic acids is 2. The lowest BCUT2D eigenvalue weighted by atomic mass is 9.92. The van der Waals surface area contributed by atoms with Crippen LogP contribution in [0.5, 0.6) is 0 Å². The molecule has 1 fully saturated rings. The van der Waals surface area contributed by atoms with Crippen molar-refractivity contribution in [1.29, 1.82) is 0 Å². The molecule has 1 aliphatic rings. The van der Waals surface area contributed by atoms with E-state index in [0.717, 1.165) is 27.5 Å². The van der Waals surface area contributed by atoms with E-state index in [9.17, 15) is 9.59 Å². The van der Waals surface area contributed by atoms with Gasteiger partial charge in [0.15, 0.2) is 0 Å². The highest BCUT2D eigenvalue weighted by atomic mass is 32.2. The maximum Gasteiger partial charge on any atom is 0.325 e. The smallest absolute Gasteiger partial charge is 0.325 e. The fourth-order valence-corrected chi connectivity index (χ4v) is 7.10. The summed E-state index contributed by atoms with van der Waals surface area (Å²) in [4.78, 5) is 29.2. The number of hydrogen-bond acceptors (Lipinski definition) is 4. The molecule has 4 aromatic carbocycles. The normalized spacial score (nSPS) is 20.4. The second-order valence-corrected chi connectivity index (χ2v) is 10.9. The summed E-state index contributed by atoms with van der Waals surface area (Å²) in [7, 11) is 1.42. The van der Waals surface area contributed by atoms with Crippen LogP contribution in [0.15, 0.2) is 103 Å². The summed E-state index contributed by atoms with van der Waals surface area (Å²) < 4.78 is 4.34. The lowest BCUT2D eigenvalue weighted by Crippen LogP contribution is -2.43. The van der Waals surface area contributed by atoms with E-state index in [-0.39, 0.29) is 23.5 Å². The summed E-state index contributed by atoms with van der Waals surface area (Å²) in [6.07, 6.45) is 0.0891. The molecule has 5 heteroatoms. The molecule has 36 heavy (non-hydrogen) atoms. The van der Waals surface area contributed by atoms with Gasteiger partial charge in [-0.05, 0) is 34.4 Å². The van der Waals surface area contributed by atoms with E-state index in [4.69, 9.17) is 4.74 Å². The maximum atomic E-state index is 13.7. The summed E-state index contributed by atoms with van der Waals surface area (Å²) in [6, 6.07) is 33.9. The van der Waals surface area contributed by atoms with Crippen LogP contribution in [0, 0.1) is 0 Å². The molecule has 1 amide bonds. The molecule has 0 N–H and O–H groups in total. The number of carbonyl (C=O) groups is 2. The Morgan fingerprint density at radius 1 is 0.944 bits per heavy atom. The highest BCUT2D eigenvalue weighted by Crippen LogP contribution is 2.55. The fourth-order valence-electron chi connectivity index (χ4n) is 5.36. The van der Waals surface area contributed by atoms with Gasteiger partial charge in [0.1, 0.15) is 4.75 Å². The Hall–Kier alpha value is -3.57. The summed E-state index contributed by atoms with van der Waals surface area (Å²) in [6.45, 7) is 2.55. The third-order valence-corrected chi connectivity index (χ3v) is 8.54. The Balaban J connectivity index is 1.61. The first-order valence-electron chi connectivity index (χ1n) is 12.2. The van der Waals surface area contributed by atoms with Crippen molar-refractivity contribution in [3.05, 3.63) is 120 Å². The molecule has 0 saturated carbocycles.